The number of rotatable bonds is 5. The van der Waals surface area contributed by atoms with E-state index in [-0.39, 0.29) is 5.91 Å². The van der Waals surface area contributed by atoms with Crippen LogP contribution >= 0.6 is 0 Å². The number of aromatic nitrogens is 1. The van der Waals surface area contributed by atoms with Crippen molar-refractivity contribution in [1.29, 1.82) is 0 Å². The molecular formula is C21H29N3O2. The molecule has 1 N–H and O–H groups in total. The number of piperidine rings is 1. The van der Waals surface area contributed by atoms with E-state index in [2.05, 4.69) is 9.88 Å². The second kappa shape index (κ2) is 7.96. The average Bonchev–Trinajstić information content (AvgIpc) is 2.96. The van der Waals surface area contributed by atoms with Crippen LogP contribution in [0.1, 0.15) is 34.6 Å². The number of benzene rings is 1. The summed E-state index contributed by atoms with van der Waals surface area (Å²) in [6, 6.07) is 9.96. The monoisotopic (exact) mass is 355 g/mol. The molecule has 1 aromatic heterocycles. The van der Waals surface area contributed by atoms with E-state index in [4.69, 9.17) is 4.74 Å². The molecule has 0 bridgehead atoms. The van der Waals surface area contributed by atoms with Crippen molar-refractivity contribution in [2.45, 2.75) is 26.7 Å². The van der Waals surface area contributed by atoms with Crippen LogP contribution in [0.15, 0.2) is 30.3 Å². The van der Waals surface area contributed by atoms with E-state index in [1.165, 1.54) is 0 Å². The number of amides is 1. The Morgan fingerprint density at radius 2 is 1.85 bits per heavy atom. The Hall–Kier alpha value is -2.27. The van der Waals surface area contributed by atoms with Gasteiger partial charge in [-0.15, -0.1) is 0 Å². The summed E-state index contributed by atoms with van der Waals surface area (Å²) in [5.41, 5.74) is 3.93. The van der Waals surface area contributed by atoms with Crippen LogP contribution in [0.25, 0.3) is 5.69 Å². The molecule has 2 heterocycles. The Labute approximate surface area is 156 Å². The third-order valence-electron chi connectivity index (χ3n) is 5.39. The molecule has 0 spiro atoms. The first kappa shape index (κ1) is 18.5. The fourth-order valence-electron chi connectivity index (χ4n) is 3.91. The van der Waals surface area contributed by atoms with Crippen LogP contribution in [0.4, 0.5) is 0 Å². The molecule has 0 aliphatic carbocycles. The number of aryl methyl sites for hydroxylation is 1. The summed E-state index contributed by atoms with van der Waals surface area (Å²) in [5.74, 6) is 1.66. The minimum atomic E-state index is 0.153. The van der Waals surface area contributed by atoms with Crippen molar-refractivity contribution in [2.75, 3.05) is 33.8 Å². The van der Waals surface area contributed by atoms with E-state index in [1.54, 1.807) is 7.11 Å². The first-order chi connectivity index (χ1) is 12.5. The molecule has 140 valence electrons. The molecule has 1 fully saturated rings. The van der Waals surface area contributed by atoms with Crippen LogP contribution in [0.5, 0.6) is 5.75 Å². The molecule has 1 aliphatic rings. The van der Waals surface area contributed by atoms with Crippen molar-refractivity contribution >= 4 is 5.91 Å². The summed E-state index contributed by atoms with van der Waals surface area (Å²) < 4.78 is 7.38. The van der Waals surface area contributed by atoms with Gasteiger partial charge in [0.25, 0.3) is 5.91 Å². The predicted octanol–water partition coefficient (Wildman–Crippen LogP) is 3.17. The molecule has 0 radical (unpaired) electrons. The number of methoxy groups -OCH3 is 1. The topological polar surface area (TPSA) is 46.5 Å². The van der Waals surface area contributed by atoms with E-state index in [9.17, 15) is 4.79 Å². The van der Waals surface area contributed by atoms with Crippen LogP contribution in [-0.4, -0.2) is 49.2 Å². The van der Waals surface area contributed by atoms with Gasteiger partial charge in [-0.05, 0) is 76.5 Å². The molecule has 5 heteroatoms. The lowest BCUT2D eigenvalue weighted by atomic mass is 9.96. The van der Waals surface area contributed by atoms with E-state index in [0.29, 0.717) is 5.92 Å². The lowest BCUT2D eigenvalue weighted by Crippen LogP contribution is -2.40. The first-order valence-electron chi connectivity index (χ1n) is 9.32. The van der Waals surface area contributed by atoms with Crippen LogP contribution in [0.2, 0.25) is 0 Å². The maximum Gasteiger partial charge on any atom is 0.255 e. The van der Waals surface area contributed by atoms with Gasteiger partial charge in [0.05, 0.1) is 12.7 Å². The average molecular weight is 355 g/mol. The lowest BCUT2D eigenvalue weighted by molar-refractivity contribution is 0.0690. The SMILES string of the molecule is CNCC1CCN(C(=O)c2cc(C)n(-c3ccc(OC)cc3)c2C)CC1. The fraction of sp³-hybridized carbons (Fsp3) is 0.476. The maximum absolute atomic E-state index is 13.1. The number of nitrogens with zero attached hydrogens (tertiary/aromatic N) is 2. The van der Waals surface area contributed by atoms with E-state index in [1.807, 2.05) is 56.1 Å². The molecule has 0 saturated carbocycles. The van der Waals surface area contributed by atoms with Crippen LogP contribution in [0, 0.1) is 19.8 Å². The Morgan fingerprint density at radius 3 is 2.42 bits per heavy atom. The lowest BCUT2D eigenvalue weighted by Gasteiger charge is -2.32. The molecule has 0 unspecified atom stereocenters. The number of ether oxygens (including phenoxy) is 1. The van der Waals surface area contributed by atoms with Gasteiger partial charge >= 0.3 is 0 Å². The van der Waals surface area contributed by atoms with Crippen molar-refractivity contribution in [3.05, 3.63) is 47.3 Å². The number of nitrogens with one attached hydrogen (secondary N) is 1. The first-order valence-corrected chi connectivity index (χ1v) is 9.32. The van der Waals surface area contributed by atoms with Crippen molar-refractivity contribution < 1.29 is 9.53 Å². The van der Waals surface area contributed by atoms with Gasteiger partial charge in [0, 0.05) is 30.2 Å². The molecule has 3 rings (SSSR count). The van der Waals surface area contributed by atoms with Gasteiger partial charge in [-0.25, -0.2) is 0 Å². The minimum Gasteiger partial charge on any atom is -0.497 e. The number of hydrogen-bond donors (Lipinski definition) is 1. The minimum absolute atomic E-state index is 0.153. The van der Waals surface area contributed by atoms with E-state index in [0.717, 1.165) is 60.9 Å². The van der Waals surface area contributed by atoms with Crippen molar-refractivity contribution in [3.8, 4) is 11.4 Å². The Bertz CT molecular complexity index is 756. The van der Waals surface area contributed by atoms with Gasteiger partial charge < -0.3 is 19.5 Å². The zero-order valence-corrected chi connectivity index (χ0v) is 16.2. The molecule has 1 amide bonds. The van der Waals surface area contributed by atoms with Crippen LogP contribution in [0.3, 0.4) is 0 Å². The van der Waals surface area contributed by atoms with Gasteiger partial charge in [0.2, 0.25) is 0 Å². The van der Waals surface area contributed by atoms with Gasteiger partial charge in [-0.3, -0.25) is 4.79 Å². The number of carbonyl (C=O) groups excluding carboxylic acids is 1. The van der Waals surface area contributed by atoms with E-state index < -0.39 is 0 Å². The highest BCUT2D eigenvalue weighted by Crippen LogP contribution is 2.25. The predicted molar refractivity (Wildman–Crippen MR) is 104 cm³/mol. The number of hydrogen-bond acceptors (Lipinski definition) is 3. The third kappa shape index (κ3) is 3.63. The summed E-state index contributed by atoms with van der Waals surface area (Å²) >= 11 is 0. The van der Waals surface area contributed by atoms with Gasteiger partial charge in [0.1, 0.15) is 5.75 Å². The smallest absolute Gasteiger partial charge is 0.255 e. The van der Waals surface area contributed by atoms with Crippen molar-refractivity contribution in [3.63, 3.8) is 0 Å². The number of carbonyl (C=O) groups is 1. The van der Waals surface area contributed by atoms with Crippen molar-refractivity contribution in [1.82, 2.24) is 14.8 Å². The zero-order chi connectivity index (χ0) is 18.7. The van der Waals surface area contributed by atoms with Gasteiger partial charge in [-0.2, -0.15) is 0 Å². The summed E-state index contributed by atoms with van der Waals surface area (Å²) in [6.07, 6.45) is 2.15. The molecule has 1 aliphatic heterocycles. The highest BCUT2D eigenvalue weighted by Gasteiger charge is 2.26. The molecular weight excluding hydrogens is 326 g/mol. The maximum atomic E-state index is 13.1. The molecule has 2 aromatic rings. The fourth-order valence-corrected chi connectivity index (χ4v) is 3.91. The number of likely N-dealkylation sites (tertiary alicyclic amines) is 1. The molecule has 1 saturated heterocycles. The Kier molecular flexibility index (Phi) is 5.67. The van der Waals surface area contributed by atoms with Crippen molar-refractivity contribution in [2.24, 2.45) is 5.92 Å². The van der Waals surface area contributed by atoms with Gasteiger partial charge in [0.15, 0.2) is 0 Å². The molecule has 5 nitrogen and oxygen atoms in total. The summed E-state index contributed by atoms with van der Waals surface area (Å²) in [6.45, 7) is 6.80. The summed E-state index contributed by atoms with van der Waals surface area (Å²) in [4.78, 5) is 15.1. The second-order valence-corrected chi connectivity index (χ2v) is 7.11. The van der Waals surface area contributed by atoms with Crippen LogP contribution in [-0.2, 0) is 0 Å². The summed E-state index contributed by atoms with van der Waals surface area (Å²) in [7, 11) is 3.66. The molecule has 1 aromatic carbocycles. The third-order valence-corrected chi connectivity index (χ3v) is 5.39. The Morgan fingerprint density at radius 1 is 1.19 bits per heavy atom. The Balaban J connectivity index is 1.80. The molecule has 0 atom stereocenters. The highest BCUT2D eigenvalue weighted by atomic mass is 16.5. The largest absolute Gasteiger partial charge is 0.497 e. The highest BCUT2D eigenvalue weighted by molar-refractivity contribution is 5.96. The summed E-state index contributed by atoms with van der Waals surface area (Å²) in [5, 5.41) is 3.24. The normalized spacial score (nSPS) is 15.3. The standard InChI is InChI=1S/C21H29N3O2/c1-15-13-20(21(25)23-11-9-17(10-12-23)14-22-3)16(2)24(15)18-5-7-19(26-4)8-6-18/h5-8,13,17,22H,9-12,14H2,1-4H3. The second-order valence-electron chi connectivity index (χ2n) is 7.11. The van der Waals surface area contributed by atoms with Gasteiger partial charge in [-0.1, -0.05) is 0 Å². The zero-order valence-electron chi connectivity index (χ0n) is 16.2. The molecule has 26 heavy (non-hydrogen) atoms. The quantitative estimate of drug-likeness (QED) is 0.896. The van der Waals surface area contributed by atoms with Crippen LogP contribution < -0.4 is 10.1 Å². The van der Waals surface area contributed by atoms with E-state index >= 15 is 0 Å².